The Hall–Kier alpha value is -1.26. The van der Waals surface area contributed by atoms with E-state index < -0.39 is 0 Å². The third-order valence-electron chi connectivity index (χ3n) is 3.41. The van der Waals surface area contributed by atoms with Crippen LogP contribution in [0.5, 0.6) is 5.75 Å². The normalized spacial score (nSPS) is 15.3. The van der Waals surface area contributed by atoms with Crippen molar-refractivity contribution in [2.45, 2.75) is 32.7 Å². The smallest absolute Gasteiger partial charge is 0.258 e. The molecule has 0 saturated carbocycles. The van der Waals surface area contributed by atoms with E-state index in [1.807, 2.05) is 32.0 Å². The topological polar surface area (TPSA) is 50.4 Å². The first-order valence-electron chi connectivity index (χ1n) is 6.85. The molecule has 4 nitrogen and oxygen atoms in total. The summed E-state index contributed by atoms with van der Waals surface area (Å²) in [4.78, 5) is 11.8. The number of aryl methyl sites for hydroxylation is 2. The highest BCUT2D eigenvalue weighted by Crippen LogP contribution is 2.18. The van der Waals surface area contributed by atoms with E-state index in [0.717, 1.165) is 42.8 Å². The predicted molar refractivity (Wildman–Crippen MR) is 82.7 cm³/mol. The second kappa shape index (κ2) is 8.12. The van der Waals surface area contributed by atoms with Crippen molar-refractivity contribution in [2.75, 3.05) is 19.7 Å². The number of nitrogens with one attached hydrogen (secondary N) is 2. The van der Waals surface area contributed by atoms with Crippen molar-refractivity contribution < 1.29 is 9.53 Å². The maximum atomic E-state index is 11.8. The molecule has 0 radical (unpaired) electrons. The fourth-order valence-electron chi connectivity index (χ4n) is 2.24. The second-order valence-electron chi connectivity index (χ2n) is 5.15. The van der Waals surface area contributed by atoms with Crippen LogP contribution in [0.4, 0.5) is 0 Å². The molecule has 1 amide bonds. The van der Waals surface area contributed by atoms with Crippen molar-refractivity contribution in [2.24, 2.45) is 0 Å². The Balaban J connectivity index is 0.00000200. The van der Waals surface area contributed by atoms with Gasteiger partial charge in [-0.25, -0.2) is 0 Å². The molecule has 1 aliphatic heterocycles. The van der Waals surface area contributed by atoms with Crippen molar-refractivity contribution in [1.82, 2.24) is 10.6 Å². The summed E-state index contributed by atoms with van der Waals surface area (Å²) in [6, 6.07) is 6.30. The molecule has 2 rings (SSSR count). The Labute approximate surface area is 126 Å². The van der Waals surface area contributed by atoms with Crippen molar-refractivity contribution >= 4 is 18.3 Å². The molecule has 1 fully saturated rings. The third-order valence-corrected chi connectivity index (χ3v) is 3.41. The van der Waals surface area contributed by atoms with Crippen molar-refractivity contribution in [3.05, 3.63) is 29.3 Å². The number of halogens is 1. The molecule has 1 aliphatic rings. The first-order chi connectivity index (χ1) is 9.15. The van der Waals surface area contributed by atoms with Crippen LogP contribution in [0.25, 0.3) is 0 Å². The molecular formula is C15H23ClN2O2. The lowest BCUT2D eigenvalue weighted by Gasteiger charge is -2.23. The van der Waals surface area contributed by atoms with Gasteiger partial charge in [0.05, 0.1) is 0 Å². The zero-order valence-electron chi connectivity index (χ0n) is 12.1. The minimum Gasteiger partial charge on any atom is -0.483 e. The summed E-state index contributed by atoms with van der Waals surface area (Å²) in [6.07, 6.45) is 1.99. The molecule has 0 bridgehead atoms. The quantitative estimate of drug-likeness (QED) is 0.893. The van der Waals surface area contributed by atoms with Crippen LogP contribution in [-0.2, 0) is 4.79 Å². The molecule has 2 N–H and O–H groups in total. The Kier molecular flexibility index (Phi) is 6.82. The molecule has 0 aliphatic carbocycles. The number of carbonyl (C=O) groups excluding carboxylic acids is 1. The van der Waals surface area contributed by atoms with E-state index in [4.69, 9.17) is 4.74 Å². The number of hydrogen-bond acceptors (Lipinski definition) is 3. The lowest BCUT2D eigenvalue weighted by Crippen LogP contribution is -2.44. The summed E-state index contributed by atoms with van der Waals surface area (Å²) in [5.74, 6) is 0.758. The van der Waals surface area contributed by atoms with Gasteiger partial charge in [0.15, 0.2) is 6.61 Å². The highest BCUT2D eigenvalue weighted by Gasteiger charge is 2.15. The van der Waals surface area contributed by atoms with E-state index in [-0.39, 0.29) is 31.0 Å². The minimum absolute atomic E-state index is 0. The van der Waals surface area contributed by atoms with E-state index in [0.29, 0.717) is 0 Å². The fourth-order valence-corrected chi connectivity index (χ4v) is 2.24. The highest BCUT2D eigenvalue weighted by molar-refractivity contribution is 5.85. The number of ether oxygens (including phenoxy) is 1. The van der Waals surface area contributed by atoms with Crippen LogP contribution in [0.15, 0.2) is 18.2 Å². The van der Waals surface area contributed by atoms with Gasteiger partial charge in [0.2, 0.25) is 0 Å². The number of amides is 1. The van der Waals surface area contributed by atoms with Crippen LogP contribution in [-0.4, -0.2) is 31.6 Å². The average Bonchev–Trinajstić information content (AvgIpc) is 2.41. The number of piperidine rings is 1. The fraction of sp³-hybridized carbons (Fsp3) is 0.533. The number of rotatable bonds is 4. The van der Waals surface area contributed by atoms with Crippen LogP contribution in [0.3, 0.4) is 0 Å². The molecule has 5 heteroatoms. The van der Waals surface area contributed by atoms with Gasteiger partial charge in [-0.2, -0.15) is 0 Å². The molecule has 1 aromatic carbocycles. The molecule has 0 aromatic heterocycles. The van der Waals surface area contributed by atoms with Gasteiger partial charge >= 0.3 is 0 Å². The van der Waals surface area contributed by atoms with Gasteiger partial charge in [-0.15, -0.1) is 12.4 Å². The minimum atomic E-state index is -0.0344. The molecular weight excluding hydrogens is 276 g/mol. The molecule has 112 valence electrons. The summed E-state index contributed by atoms with van der Waals surface area (Å²) in [7, 11) is 0. The second-order valence-corrected chi connectivity index (χ2v) is 5.15. The van der Waals surface area contributed by atoms with Gasteiger partial charge in [0.25, 0.3) is 5.91 Å². The zero-order chi connectivity index (χ0) is 13.7. The van der Waals surface area contributed by atoms with E-state index in [1.54, 1.807) is 0 Å². The summed E-state index contributed by atoms with van der Waals surface area (Å²) < 4.78 is 5.59. The average molecular weight is 299 g/mol. The van der Waals surface area contributed by atoms with Gasteiger partial charge in [-0.1, -0.05) is 12.1 Å². The van der Waals surface area contributed by atoms with Crippen molar-refractivity contribution in [3.63, 3.8) is 0 Å². The van der Waals surface area contributed by atoms with Gasteiger partial charge in [-0.3, -0.25) is 4.79 Å². The molecule has 1 heterocycles. The molecule has 0 atom stereocenters. The Morgan fingerprint density at radius 3 is 2.75 bits per heavy atom. The molecule has 20 heavy (non-hydrogen) atoms. The van der Waals surface area contributed by atoms with E-state index in [9.17, 15) is 4.79 Å². The van der Waals surface area contributed by atoms with E-state index in [2.05, 4.69) is 10.6 Å². The molecule has 1 aromatic rings. The van der Waals surface area contributed by atoms with Crippen LogP contribution in [0.2, 0.25) is 0 Å². The Morgan fingerprint density at radius 2 is 2.05 bits per heavy atom. The van der Waals surface area contributed by atoms with Crippen molar-refractivity contribution in [1.29, 1.82) is 0 Å². The molecule has 0 unspecified atom stereocenters. The number of carbonyl (C=O) groups is 1. The monoisotopic (exact) mass is 298 g/mol. The maximum Gasteiger partial charge on any atom is 0.258 e. The molecule has 0 spiro atoms. The summed E-state index contributed by atoms with van der Waals surface area (Å²) in [6.45, 7) is 6.04. The molecule has 1 saturated heterocycles. The first-order valence-corrected chi connectivity index (χ1v) is 6.85. The van der Waals surface area contributed by atoms with Crippen LogP contribution >= 0.6 is 12.4 Å². The predicted octanol–water partition coefficient (Wildman–Crippen LogP) is 1.97. The zero-order valence-corrected chi connectivity index (χ0v) is 12.9. The number of benzene rings is 1. The number of hydrogen-bond donors (Lipinski definition) is 2. The van der Waals surface area contributed by atoms with Crippen molar-refractivity contribution in [3.8, 4) is 5.75 Å². The van der Waals surface area contributed by atoms with Crippen LogP contribution in [0.1, 0.15) is 24.0 Å². The van der Waals surface area contributed by atoms with E-state index in [1.165, 1.54) is 0 Å². The Bertz CT molecular complexity index is 445. The lowest BCUT2D eigenvalue weighted by molar-refractivity contribution is -0.124. The summed E-state index contributed by atoms with van der Waals surface area (Å²) in [5, 5.41) is 6.30. The van der Waals surface area contributed by atoms with E-state index >= 15 is 0 Å². The third kappa shape index (κ3) is 5.02. The summed E-state index contributed by atoms with van der Waals surface area (Å²) in [5.41, 5.74) is 2.19. The van der Waals surface area contributed by atoms with Gasteiger partial charge < -0.3 is 15.4 Å². The maximum absolute atomic E-state index is 11.8. The van der Waals surface area contributed by atoms with Crippen LogP contribution < -0.4 is 15.4 Å². The van der Waals surface area contributed by atoms with Gasteiger partial charge in [-0.05, 0) is 57.0 Å². The largest absolute Gasteiger partial charge is 0.483 e. The standard InChI is InChI=1S/C15H22N2O2.ClH/c1-11-3-4-12(2)14(9-11)19-10-15(18)17-13-5-7-16-8-6-13;/h3-4,9,13,16H,5-8,10H2,1-2H3,(H,17,18);1H. The Morgan fingerprint density at radius 1 is 1.35 bits per heavy atom. The van der Waals surface area contributed by atoms with Gasteiger partial charge in [0, 0.05) is 6.04 Å². The SMILES string of the molecule is Cc1ccc(C)c(OCC(=O)NC2CCNCC2)c1.Cl. The van der Waals surface area contributed by atoms with Crippen LogP contribution in [0, 0.1) is 13.8 Å². The first kappa shape index (κ1) is 16.8. The summed E-state index contributed by atoms with van der Waals surface area (Å²) >= 11 is 0. The highest BCUT2D eigenvalue weighted by atomic mass is 35.5. The lowest BCUT2D eigenvalue weighted by atomic mass is 10.1. The van der Waals surface area contributed by atoms with Gasteiger partial charge in [0.1, 0.15) is 5.75 Å².